The molecule has 0 aromatic heterocycles. The van der Waals surface area contributed by atoms with Gasteiger partial charge in [-0.15, -0.1) is 0 Å². The number of nitrogens with one attached hydrogen (secondary N) is 1. The Labute approximate surface area is 111 Å². The molecular formula is C13H29NO4. The van der Waals surface area contributed by atoms with Gasteiger partial charge in [-0.05, 0) is 26.3 Å². The van der Waals surface area contributed by atoms with Gasteiger partial charge in [-0.2, -0.15) is 0 Å². The van der Waals surface area contributed by atoms with Crippen molar-refractivity contribution in [3.05, 3.63) is 0 Å². The Balaban J connectivity index is 3.30. The summed E-state index contributed by atoms with van der Waals surface area (Å²) < 4.78 is 15.6. The molecule has 0 saturated heterocycles. The molecule has 0 amide bonds. The van der Waals surface area contributed by atoms with Crippen molar-refractivity contribution in [2.75, 3.05) is 53.2 Å². The first kappa shape index (κ1) is 17.8. The van der Waals surface area contributed by atoms with E-state index in [0.29, 0.717) is 33.0 Å². The first-order valence-corrected chi connectivity index (χ1v) is 6.70. The molecule has 0 aromatic rings. The fourth-order valence-electron chi connectivity index (χ4n) is 1.40. The zero-order valence-electron chi connectivity index (χ0n) is 12.0. The van der Waals surface area contributed by atoms with Gasteiger partial charge in [-0.3, -0.25) is 0 Å². The molecule has 5 nitrogen and oxygen atoms in total. The highest BCUT2D eigenvalue weighted by Crippen LogP contribution is 2.02. The normalized spacial score (nSPS) is 14.7. The van der Waals surface area contributed by atoms with Crippen LogP contribution in [0.1, 0.15) is 26.7 Å². The van der Waals surface area contributed by atoms with Gasteiger partial charge >= 0.3 is 0 Å². The van der Waals surface area contributed by atoms with E-state index in [1.54, 1.807) is 14.0 Å². The van der Waals surface area contributed by atoms with Gasteiger partial charge in [0.25, 0.3) is 0 Å². The van der Waals surface area contributed by atoms with E-state index in [0.717, 1.165) is 26.0 Å². The predicted molar refractivity (Wildman–Crippen MR) is 71.9 cm³/mol. The summed E-state index contributed by atoms with van der Waals surface area (Å²) in [6, 6.07) is 0. The maximum absolute atomic E-state index is 9.97. The third kappa shape index (κ3) is 12.3. The number of rotatable bonds is 13. The molecule has 2 N–H and O–H groups in total. The van der Waals surface area contributed by atoms with E-state index >= 15 is 0 Å². The summed E-state index contributed by atoms with van der Waals surface area (Å²) in [5.74, 6) is 0. The Morgan fingerprint density at radius 1 is 1.11 bits per heavy atom. The van der Waals surface area contributed by atoms with Crippen LogP contribution in [-0.4, -0.2) is 63.9 Å². The first-order valence-electron chi connectivity index (χ1n) is 6.70. The summed E-state index contributed by atoms with van der Waals surface area (Å²) in [4.78, 5) is 0. The molecule has 1 atom stereocenters. The minimum atomic E-state index is -0.814. The molecule has 0 radical (unpaired) electrons. The summed E-state index contributed by atoms with van der Waals surface area (Å²) in [5.41, 5.74) is -0.814. The monoisotopic (exact) mass is 263 g/mol. The van der Waals surface area contributed by atoms with Crippen LogP contribution in [-0.2, 0) is 14.2 Å². The summed E-state index contributed by atoms with van der Waals surface area (Å²) in [5, 5.41) is 13.1. The Morgan fingerprint density at radius 3 is 2.50 bits per heavy atom. The van der Waals surface area contributed by atoms with Crippen LogP contribution in [0.5, 0.6) is 0 Å². The van der Waals surface area contributed by atoms with E-state index in [9.17, 15) is 5.11 Å². The van der Waals surface area contributed by atoms with Crippen molar-refractivity contribution in [3.63, 3.8) is 0 Å². The van der Waals surface area contributed by atoms with E-state index < -0.39 is 5.60 Å². The zero-order valence-corrected chi connectivity index (χ0v) is 12.0. The van der Waals surface area contributed by atoms with Crippen molar-refractivity contribution >= 4 is 0 Å². The third-order valence-corrected chi connectivity index (χ3v) is 2.35. The second kappa shape index (κ2) is 11.9. The second-order valence-electron chi connectivity index (χ2n) is 4.69. The second-order valence-corrected chi connectivity index (χ2v) is 4.69. The Hall–Kier alpha value is -0.200. The SMILES string of the molecule is CCCNCC(C)(O)COCCOCCCOC. The van der Waals surface area contributed by atoms with Gasteiger partial charge in [0.15, 0.2) is 0 Å². The Kier molecular flexibility index (Phi) is 11.7. The van der Waals surface area contributed by atoms with E-state index in [4.69, 9.17) is 14.2 Å². The summed E-state index contributed by atoms with van der Waals surface area (Å²) in [7, 11) is 1.68. The Morgan fingerprint density at radius 2 is 1.83 bits per heavy atom. The van der Waals surface area contributed by atoms with Gasteiger partial charge in [0, 0.05) is 26.9 Å². The topological polar surface area (TPSA) is 60.0 Å². The minimum Gasteiger partial charge on any atom is -0.386 e. The van der Waals surface area contributed by atoms with Crippen molar-refractivity contribution < 1.29 is 19.3 Å². The molecule has 0 aliphatic heterocycles. The van der Waals surface area contributed by atoms with Gasteiger partial charge in [0.2, 0.25) is 0 Å². The van der Waals surface area contributed by atoms with Crippen molar-refractivity contribution in [1.29, 1.82) is 0 Å². The molecule has 0 rings (SSSR count). The van der Waals surface area contributed by atoms with Crippen molar-refractivity contribution in [2.24, 2.45) is 0 Å². The van der Waals surface area contributed by atoms with Crippen molar-refractivity contribution in [2.45, 2.75) is 32.3 Å². The van der Waals surface area contributed by atoms with E-state index in [-0.39, 0.29) is 0 Å². The largest absolute Gasteiger partial charge is 0.386 e. The fraction of sp³-hybridized carbons (Fsp3) is 1.00. The number of ether oxygens (including phenoxy) is 3. The zero-order chi connectivity index (χ0) is 13.7. The first-order chi connectivity index (χ1) is 8.62. The molecule has 0 spiro atoms. The van der Waals surface area contributed by atoms with Crippen LogP contribution in [0.2, 0.25) is 0 Å². The van der Waals surface area contributed by atoms with E-state index in [1.807, 2.05) is 0 Å². The van der Waals surface area contributed by atoms with Crippen LogP contribution >= 0.6 is 0 Å². The molecule has 18 heavy (non-hydrogen) atoms. The van der Waals surface area contributed by atoms with E-state index in [1.165, 1.54) is 0 Å². The van der Waals surface area contributed by atoms with Crippen LogP contribution in [0.25, 0.3) is 0 Å². The van der Waals surface area contributed by atoms with Crippen molar-refractivity contribution in [3.8, 4) is 0 Å². The quantitative estimate of drug-likeness (QED) is 0.482. The molecule has 5 heteroatoms. The number of aliphatic hydroxyl groups is 1. The standard InChI is InChI=1S/C13H29NO4/c1-4-6-14-11-13(2,15)12-18-10-9-17-8-5-7-16-3/h14-15H,4-12H2,1-3H3. The average molecular weight is 263 g/mol. The molecule has 0 aliphatic rings. The number of hydrogen-bond donors (Lipinski definition) is 2. The fourth-order valence-corrected chi connectivity index (χ4v) is 1.40. The van der Waals surface area contributed by atoms with Gasteiger partial charge in [-0.25, -0.2) is 0 Å². The number of methoxy groups -OCH3 is 1. The van der Waals surface area contributed by atoms with Crippen LogP contribution in [0.15, 0.2) is 0 Å². The smallest absolute Gasteiger partial charge is 0.0975 e. The molecule has 0 aliphatic carbocycles. The highest BCUT2D eigenvalue weighted by molar-refractivity contribution is 4.74. The van der Waals surface area contributed by atoms with Crippen LogP contribution in [0.4, 0.5) is 0 Å². The molecular weight excluding hydrogens is 234 g/mol. The van der Waals surface area contributed by atoms with Crippen LogP contribution in [0, 0.1) is 0 Å². The summed E-state index contributed by atoms with van der Waals surface area (Å²) in [6.07, 6.45) is 1.96. The molecule has 0 fully saturated rings. The van der Waals surface area contributed by atoms with E-state index in [2.05, 4.69) is 12.2 Å². The van der Waals surface area contributed by atoms with Gasteiger partial charge in [0.1, 0.15) is 0 Å². The highest BCUT2D eigenvalue weighted by atomic mass is 16.5. The average Bonchev–Trinajstić information content (AvgIpc) is 2.33. The maximum Gasteiger partial charge on any atom is 0.0975 e. The summed E-state index contributed by atoms with van der Waals surface area (Å²) in [6.45, 7) is 8.14. The molecule has 1 unspecified atom stereocenters. The lowest BCUT2D eigenvalue weighted by Crippen LogP contribution is -2.42. The maximum atomic E-state index is 9.97. The lowest BCUT2D eigenvalue weighted by Gasteiger charge is -2.23. The molecule has 110 valence electrons. The predicted octanol–water partition coefficient (Wildman–Crippen LogP) is 0.807. The molecule has 0 heterocycles. The third-order valence-electron chi connectivity index (χ3n) is 2.35. The van der Waals surface area contributed by atoms with Gasteiger partial charge in [-0.1, -0.05) is 6.92 Å². The Bertz CT molecular complexity index is 176. The molecule has 0 aromatic carbocycles. The van der Waals surface area contributed by atoms with Crippen LogP contribution in [0.3, 0.4) is 0 Å². The minimum absolute atomic E-state index is 0.325. The lowest BCUT2D eigenvalue weighted by atomic mass is 10.1. The van der Waals surface area contributed by atoms with Crippen molar-refractivity contribution in [1.82, 2.24) is 5.32 Å². The van der Waals surface area contributed by atoms with Gasteiger partial charge < -0.3 is 24.6 Å². The summed E-state index contributed by atoms with van der Waals surface area (Å²) >= 11 is 0. The highest BCUT2D eigenvalue weighted by Gasteiger charge is 2.19. The lowest BCUT2D eigenvalue weighted by molar-refractivity contribution is -0.0470. The molecule has 0 saturated carbocycles. The van der Waals surface area contributed by atoms with Crippen LogP contribution < -0.4 is 5.32 Å². The molecule has 0 bridgehead atoms. The van der Waals surface area contributed by atoms with Gasteiger partial charge in [0.05, 0.1) is 25.4 Å². The number of hydrogen-bond acceptors (Lipinski definition) is 5.